The number of pyridine rings is 2. The van der Waals surface area contributed by atoms with Crippen molar-refractivity contribution in [2.24, 2.45) is 0 Å². The average molecular weight is 408 g/mol. The van der Waals surface area contributed by atoms with Crippen LogP contribution in [0.25, 0.3) is 28.0 Å². The first kappa shape index (κ1) is 18.6. The molecule has 0 aliphatic carbocycles. The molecule has 0 spiro atoms. The van der Waals surface area contributed by atoms with Crippen LogP contribution in [-0.2, 0) is 6.54 Å². The van der Waals surface area contributed by atoms with Gasteiger partial charge in [-0.1, -0.05) is 18.2 Å². The van der Waals surface area contributed by atoms with E-state index >= 15 is 0 Å². The molecule has 1 aromatic carbocycles. The van der Waals surface area contributed by atoms with E-state index in [-0.39, 0.29) is 0 Å². The molecule has 4 heterocycles. The summed E-state index contributed by atoms with van der Waals surface area (Å²) < 4.78 is 1.81. The van der Waals surface area contributed by atoms with Gasteiger partial charge < -0.3 is 16.8 Å². The highest BCUT2D eigenvalue weighted by Crippen LogP contribution is 2.32. The van der Waals surface area contributed by atoms with Gasteiger partial charge in [0.15, 0.2) is 11.6 Å². The third-order valence-electron chi connectivity index (χ3n) is 4.89. The second kappa shape index (κ2) is 7.75. The molecule has 0 aliphatic rings. The fourth-order valence-electron chi connectivity index (χ4n) is 3.47. The topological polar surface area (TPSA) is 120 Å². The van der Waals surface area contributed by atoms with Crippen LogP contribution in [0.2, 0.25) is 0 Å². The molecule has 0 saturated heterocycles. The second-order valence-electron chi connectivity index (χ2n) is 7.11. The van der Waals surface area contributed by atoms with Crippen molar-refractivity contribution in [3.8, 4) is 22.5 Å². The van der Waals surface area contributed by atoms with Crippen molar-refractivity contribution in [1.82, 2.24) is 24.6 Å². The number of nitrogen functional groups attached to an aromatic ring is 2. The van der Waals surface area contributed by atoms with Crippen molar-refractivity contribution < 1.29 is 0 Å². The van der Waals surface area contributed by atoms with Crippen LogP contribution in [0.15, 0.2) is 79.4 Å². The summed E-state index contributed by atoms with van der Waals surface area (Å²) in [7, 11) is 0. The normalized spacial score (nSPS) is 11.0. The number of nitrogens with zero attached hydrogens (tertiary/aromatic N) is 5. The molecule has 5 N–H and O–H groups in total. The van der Waals surface area contributed by atoms with E-state index < -0.39 is 0 Å². The van der Waals surface area contributed by atoms with Crippen LogP contribution in [0.5, 0.6) is 0 Å². The number of anilines is 3. The van der Waals surface area contributed by atoms with Gasteiger partial charge in [-0.2, -0.15) is 0 Å². The summed E-state index contributed by atoms with van der Waals surface area (Å²) in [6.07, 6.45) is 6.97. The maximum absolute atomic E-state index is 6.02. The van der Waals surface area contributed by atoms with Gasteiger partial charge in [0.2, 0.25) is 0 Å². The first-order chi connectivity index (χ1) is 15.2. The molecule has 4 aromatic heterocycles. The van der Waals surface area contributed by atoms with Crippen molar-refractivity contribution in [1.29, 1.82) is 0 Å². The van der Waals surface area contributed by atoms with Crippen molar-refractivity contribution in [2.45, 2.75) is 6.54 Å². The van der Waals surface area contributed by atoms with E-state index in [1.165, 1.54) is 0 Å². The Morgan fingerprint density at radius 3 is 2.61 bits per heavy atom. The Kier molecular flexibility index (Phi) is 4.64. The molecule has 152 valence electrons. The maximum atomic E-state index is 6.02. The zero-order valence-electron chi connectivity index (χ0n) is 16.6. The van der Waals surface area contributed by atoms with E-state index in [4.69, 9.17) is 21.5 Å². The number of rotatable bonds is 5. The van der Waals surface area contributed by atoms with Gasteiger partial charge >= 0.3 is 0 Å². The number of aromatic nitrogens is 5. The molecule has 0 fully saturated rings. The van der Waals surface area contributed by atoms with E-state index in [0.29, 0.717) is 29.6 Å². The molecule has 8 nitrogen and oxygen atoms in total. The summed E-state index contributed by atoms with van der Waals surface area (Å²) in [5, 5.41) is 8.12. The third-order valence-corrected chi connectivity index (χ3v) is 4.89. The van der Waals surface area contributed by atoms with Gasteiger partial charge in [-0.15, -0.1) is 5.10 Å². The quantitative estimate of drug-likeness (QED) is 0.380. The second-order valence-corrected chi connectivity index (χ2v) is 7.11. The van der Waals surface area contributed by atoms with Gasteiger partial charge in [-0.25, -0.2) is 9.50 Å². The number of nitrogens with one attached hydrogen (secondary N) is 1. The molecular weight excluding hydrogens is 388 g/mol. The van der Waals surface area contributed by atoms with Gasteiger partial charge in [0.05, 0.1) is 17.9 Å². The highest BCUT2D eigenvalue weighted by atomic mass is 15.3. The first-order valence-corrected chi connectivity index (χ1v) is 9.77. The van der Waals surface area contributed by atoms with Crippen LogP contribution in [0.4, 0.5) is 17.2 Å². The minimum atomic E-state index is 0.518. The molecule has 0 amide bonds. The molecule has 8 heteroatoms. The number of hydrogen-bond donors (Lipinski definition) is 3. The fraction of sp³-hybridized carbons (Fsp3) is 0.0435. The molecule has 0 atom stereocenters. The van der Waals surface area contributed by atoms with E-state index in [1.54, 1.807) is 24.7 Å². The first-order valence-electron chi connectivity index (χ1n) is 9.77. The van der Waals surface area contributed by atoms with Crippen molar-refractivity contribution in [2.75, 3.05) is 16.8 Å². The van der Waals surface area contributed by atoms with Crippen molar-refractivity contribution in [3.05, 3.63) is 85.1 Å². The van der Waals surface area contributed by atoms with Gasteiger partial charge in [-0.05, 0) is 42.0 Å². The lowest BCUT2D eigenvalue weighted by molar-refractivity contribution is 0.906. The highest BCUT2D eigenvalue weighted by Gasteiger charge is 2.16. The van der Waals surface area contributed by atoms with E-state index in [9.17, 15) is 0 Å². The van der Waals surface area contributed by atoms with Crippen molar-refractivity contribution in [3.63, 3.8) is 0 Å². The number of hydrogen-bond acceptors (Lipinski definition) is 7. The lowest BCUT2D eigenvalue weighted by atomic mass is 10.1. The molecule has 0 unspecified atom stereocenters. The molecule has 0 bridgehead atoms. The summed E-state index contributed by atoms with van der Waals surface area (Å²) in [4.78, 5) is 13.4. The number of fused-ring (bicyclic) bond motifs is 1. The summed E-state index contributed by atoms with van der Waals surface area (Å²) in [6.45, 7) is 0.518. The summed E-state index contributed by atoms with van der Waals surface area (Å²) >= 11 is 0. The van der Waals surface area contributed by atoms with Crippen LogP contribution in [0.1, 0.15) is 5.69 Å². The molecule has 0 saturated carbocycles. The Hall–Kier alpha value is -4.46. The lowest BCUT2D eigenvalue weighted by Crippen LogP contribution is -2.08. The van der Waals surface area contributed by atoms with Crippen LogP contribution in [0.3, 0.4) is 0 Å². The Bertz CT molecular complexity index is 1360. The van der Waals surface area contributed by atoms with Gasteiger partial charge in [0, 0.05) is 41.6 Å². The maximum Gasteiger partial charge on any atom is 0.183 e. The van der Waals surface area contributed by atoms with Crippen LogP contribution in [-0.4, -0.2) is 24.6 Å². The lowest BCUT2D eigenvalue weighted by Gasteiger charge is -2.12. The Morgan fingerprint density at radius 1 is 0.903 bits per heavy atom. The third kappa shape index (κ3) is 3.74. The Labute approximate surface area is 178 Å². The predicted octanol–water partition coefficient (Wildman–Crippen LogP) is 3.63. The minimum Gasteiger partial charge on any atom is -0.399 e. The molecule has 5 aromatic rings. The fourth-order valence-corrected chi connectivity index (χ4v) is 3.47. The van der Waals surface area contributed by atoms with E-state index in [2.05, 4.69) is 15.3 Å². The molecule has 0 aliphatic heterocycles. The zero-order valence-corrected chi connectivity index (χ0v) is 16.6. The van der Waals surface area contributed by atoms with Gasteiger partial charge in [0.1, 0.15) is 5.52 Å². The van der Waals surface area contributed by atoms with Crippen molar-refractivity contribution >= 4 is 22.7 Å². The zero-order chi connectivity index (χ0) is 21.2. The minimum absolute atomic E-state index is 0.518. The van der Waals surface area contributed by atoms with E-state index in [0.717, 1.165) is 27.9 Å². The molecule has 31 heavy (non-hydrogen) atoms. The van der Waals surface area contributed by atoms with Crippen LogP contribution < -0.4 is 16.8 Å². The summed E-state index contributed by atoms with van der Waals surface area (Å²) in [6, 6.07) is 17.4. The largest absolute Gasteiger partial charge is 0.399 e. The van der Waals surface area contributed by atoms with Crippen LogP contribution in [0, 0.1) is 0 Å². The van der Waals surface area contributed by atoms with Gasteiger partial charge in [0.25, 0.3) is 0 Å². The smallest absolute Gasteiger partial charge is 0.183 e. The Balaban J connectivity index is 1.65. The van der Waals surface area contributed by atoms with Crippen LogP contribution >= 0.6 is 0 Å². The molecule has 0 radical (unpaired) electrons. The van der Waals surface area contributed by atoms with Gasteiger partial charge in [-0.3, -0.25) is 9.97 Å². The number of nitrogens with two attached hydrogens (primary N) is 2. The standard InChI is InChI=1S/C23H20N8/c24-17-5-3-4-15(10-17)20-7-9-31-21(20)23(28-14-19-6-1-2-8-27-19)29-22(30-31)16-11-18(25)13-26-12-16/h1-13H,14,24-25H2,(H,28,29,30). The average Bonchev–Trinajstić information content (AvgIpc) is 3.22. The van der Waals surface area contributed by atoms with E-state index in [1.807, 2.05) is 59.2 Å². The highest BCUT2D eigenvalue weighted by molar-refractivity contribution is 5.89. The predicted molar refractivity (Wildman–Crippen MR) is 122 cm³/mol. The summed E-state index contributed by atoms with van der Waals surface area (Å²) in [5.41, 5.74) is 17.6. The SMILES string of the molecule is Nc1cncc(-c2nc(NCc3ccccn3)c3c(-c4cccc(N)c4)ccn3n2)c1. The number of benzene rings is 1. The molecule has 5 rings (SSSR count). The Morgan fingerprint density at radius 2 is 1.81 bits per heavy atom. The monoisotopic (exact) mass is 408 g/mol. The summed E-state index contributed by atoms with van der Waals surface area (Å²) in [5.74, 6) is 1.20. The molecular formula is C23H20N8.